The summed E-state index contributed by atoms with van der Waals surface area (Å²) in [6.07, 6.45) is -31.7. The van der Waals surface area contributed by atoms with E-state index in [1.165, 1.54) is 13.8 Å². The zero-order chi connectivity index (χ0) is 60.3. The molecule has 0 aromatic rings. The number of esters is 2. The monoisotopic (exact) mass is 1180 g/mol. The van der Waals surface area contributed by atoms with E-state index >= 15 is 4.79 Å². The van der Waals surface area contributed by atoms with Crippen LogP contribution >= 0.6 is 0 Å². The summed E-state index contributed by atoms with van der Waals surface area (Å²) >= 11 is 0. The number of aliphatic hydroxyl groups excluding tert-OH is 13. The normalized spacial score (nSPS) is 52.8. The van der Waals surface area contributed by atoms with Crippen molar-refractivity contribution in [2.24, 2.45) is 50.2 Å². The highest BCUT2D eigenvalue weighted by molar-refractivity contribution is 5.79. The van der Waals surface area contributed by atoms with Crippen LogP contribution in [0.15, 0.2) is 11.6 Å². The number of carbonyl (C=O) groups excluding carboxylic acids is 2. The van der Waals surface area contributed by atoms with Gasteiger partial charge in [-0.05, 0) is 111 Å². The molecule has 0 bridgehead atoms. The van der Waals surface area contributed by atoms with Gasteiger partial charge in [-0.15, -0.1) is 0 Å². The fourth-order valence-electron chi connectivity index (χ4n) is 16.6. The summed E-state index contributed by atoms with van der Waals surface area (Å²) in [5.74, 6) is -3.64. The number of carboxylic acids is 1. The molecule has 4 saturated carbocycles. The maximum Gasteiger partial charge on any atom is 0.315 e. The molecule has 9 rings (SSSR count). The molecule has 4 saturated heterocycles. The van der Waals surface area contributed by atoms with Crippen LogP contribution < -0.4 is 0 Å². The molecule has 82 heavy (non-hydrogen) atoms. The number of rotatable bonds is 13. The van der Waals surface area contributed by atoms with Crippen molar-refractivity contribution in [3.05, 3.63) is 11.6 Å². The highest BCUT2D eigenvalue weighted by atomic mass is 16.8. The first-order chi connectivity index (χ1) is 38.3. The zero-order valence-electron chi connectivity index (χ0n) is 47.7. The Kier molecular flexibility index (Phi) is 18.0. The number of aliphatic carboxylic acids is 1. The summed E-state index contributed by atoms with van der Waals surface area (Å²) in [5.41, 5.74) is -3.93. The van der Waals surface area contributed by atoms with E-state index in [2.05, 4.69) is 40.7 Å². The van der Waals surface area contributed by atoms with Gasteiger partial charge in [0, 0.05) is 6.92 Å². The number of hydrogen-bond donors (Lipinski definition) is 14. The maximum atomic E-state index is 15.7. The van der Waals surface area contributed by atoms with E-state index in [-0.39, 0.29) is 24.2 Å². The lowest BCUT2D eigenvalue weighted by molar-refractivity contribution is -0.373. The van der Waals surface area contributed by atoms with Gasteiger partial charge in [-0.25, -0.2) is 0 Å². The van der Waals surface area contributed by atoms with Crippen LogP contribution in [0.2, 0.25) is 0 Å². The summed E-state index contributed by atoms with van der Waals surface area (Å²) in [6, 6.07) is 0. The predicted octanol–water partition coefficient (Wildman–Crippen LogP) is -2.40. The molecule has 9 aliphatic rings. The van der Waals surface area contributed by atoms with Gasteiger partial charge in [0.05, 0.1) is 36.8 Å². The smallest absolute Gasteiger partial charge is 0.315 e. The molecule has 5 aliphatic carbocycles. The van der Waals surface area contributed by atoms with E-state index in [1.54, 1.807) is 6.92 Å². The lowest BCUT2D eigenvalue weighted by Crippen LogP contribution is -2.69. The predicted molar refractivity (Wildman–Crippen MR) is 274 cm³/mol. The minimum atomic E-state index is -2.08. The number of aliphatic hydroxyl groups is 13. The molecular formula is C56H88O26. The Bertz CT molecular complexity index is 2360. The lowest BCUT2D eigenvalue weighted by atomic mass is 9.33. The summed E-state index contributed by atoms with van der Waals surface area (Å²) in [6.45, 7) is 12.4. The van der Waals surface area contributed by atoms with E-state index in [0.29, 0.717) is 44.9 Å². The van der Waals surface area contributed by atoms with Gasteiger partial charge in [0.2, 0.25) is 6.29 Å². The molecule has 14 N–H and O–H groups in total. The second-order valence-corrected chi connectivity index (χ2v) is 26.8. The second kappa shape index (κ2) is 23.1. The lowest BCUT2D eigenvalue weighted by Gasteiger charge is -2.71. The van der Waals surface area contributed by atoms with Crippen LogP contribution in [0.3, 0.4) is 0 Å². The summed E-state index contributed by atoms with van der Waals surface area (Å²) in [7, 11) is 0. The van der Waals surface area contributed by atoms with Gasteiger partial charge in [-0.1, -0.05) is 46.3 Å². The maximum absolute atomic E-state index is 15.7. The minimum absolute atomic E-state index is 0.150. The minimum Gasteiger partial charge on any atom is -0.481 e. The molecule has 4 heterocycles. The Hall–Kier alpha value is -2.65. The fourth-order valence-corrected chi connectivity index (χ4v) is 16.6. The summed E-state index contributed by atoms with van der Waals surface area (Å²) in [4.78, 5) is 41.4. The molecule has 4 aliphatic heterocycles. The van der Waals surface area contributed by atoms with Crippen molar-refractivity contribution in [3.8, 4) is 0 Å². The van der Waals surface area contributed by atoms with Gasteiger partial charge < -0.3 is 114 Å². The Morgan fingerprint density at radius 2 is 1.16 bits per heavy atom. The van der Waals surface area contributed by atoms with Crippen LogP contribution in [0.5, 0.6) is 0 Å². The highest BCUT2D eigenvalue weighted by Crippen LogP contribution is 2.76. The average Bonchev–Trinajstić information content (AvgIpc) is 0.740. The van der Waals surface area contributed by atoms with Gasteiger partial charge in [0.1, 0.15) is 97.7 Å². The highest BCUT2D eigenvalue weighted by Gasteiger charge is 2.73. The van der Waals surface area contributed by atoms with E-state index in [1.807, 2.05) is 0 Å². The number of carbonyl (C=O) groups is 3. The Morgan fingerprint density at radius 1 is 0.598 bits per heavy atom. The summed E-state index contributed by atoms with van der Waals surface area (Å²) < 4.78 is 52.9. The molecule has 30 atom stereocenters. The van der Waals surface area contributed by atoms with Crippen molar-refractivity contribution < 1.29 is 129 Å². The molecular weight excluding hydrogens is 1090 g/mol. The SMILES string of the molecule is CC(=O)O[C@@H]1C[C@@]2(C)C3CC=C4[C@H]5CC(C)(C)CC[C@@]5(C(=O)O[C@H]5O[C@@H](CO[C@H]6O[C@@H](CO)[C@H](O[C@H]7O[C@@H](C)[C@H](O)[C@@H](O)[C@@H]7O)[C@@H](O)[C@@H]6O)[C@H](O)[C@@H](O)[C@@H]5O[C@H]5O[C@@H](CO)[C@H](O)[C@@H](O)[C@@H]5O)CC[C@]4(C)[C@@]3(C)CCC2[C@@](C)(C(=O)O)[C@@H]1O. The molecule has 2 unspecified atom stereocenters. The molecule has 468 valence electrons. The number of hydrogen-bond acceptors (Lipinski definition) is 25. The molecule has 0 radical (unpaired) electrons. The molecule has 8 fully saturated rings. The van der Waals surface area contributed by atoms with Gasteiger partial charge in [-0.3, -0.25) is 14.4 Å². The van der Waals surface area contributed by atoms with Crippen molar-refractivity contribution in [1.82, 2.24) is 0 Å². The van der Waals surface area contributed by atoms with E-state index < -0.39 is 212 Å². The van der Waals surface area contributed by atoms with Gasteiger partial charge in [0.25, 0.3) is 0 Å². The van der Waals surface area contributed by atoms with E-state index in [4.69, 9.17) is 42.6 Å². The molecule has 0 spiro atoms. The van der Waals surface area contributed by atoms with Crippen LogP contribution in [0.4, 0.5) is 0 Å². The third-order valence-corrected chi connectivity index (χ3v) is 21.8. The quantitative estimate of drug-likeness (QED) is 0.0675. The van der Waals surface area contributed by atoms with Crippen molar-refractivity contribution >= 4 is 17.9 Å². The number of carboxylic acid groups (broad SMARTS) is 1. The van der Waals surface area contributed by atoms with Crippen molar-refractivity contribution in [3.63, 3.8) is 0 Å². The molecule has 0 aromatic heterocycles. The fraction of sp³-hybridized carbons (Fsp3) is 0.911. The number of fused-ring (bicyclic) bond motifs is 7. The van der Waals surface area contributed by atoms with Gasteiger partial charge >= 0.3 is 17.9 Å². The molecule has 26 heteroatoms. The van der Waals surface area contributed by atoms with Crippen LogP contribution in [0.25, 0.3) is 0 Å². The van der Waals surface area contributed by atoms with Crippen molar-refractivity contribution in [2.75, 3.05) is 19.8 Å². The average molecular weight is 1180 g/mol. The zero-order valence-corrected chi connectivity index (χ0v) is 47.7. The topological polar surface area (TPSA) is 418 Å². The van der Waals surface area contributed by atoms with Crippen LogP contribution in [-0.4, -0.2) is 244 Å². The third kappa shape index (κ3) is 10.4. The van der Waals surface area contributed by atoms with Crippen LogP contribution in [0, 0.1) is 50.2 Å². The molecule has 0 aromatic carbocycles. The number of ether oxygens (including phenoxy) is 9. The third-order valence-electron chi connectivity index (χ3n) is 21.8. The largest absolute Gasteiger partial charge is 0.481 e. The Balaban J connectivity index is 0.998. The number of allylic oxidation sites excluding steroid dienone is 2. The summed E-state index contributed by atoms with van der Waals surface area (Å²) in [5, 5.41) is 153. The first kappa shape index (κ1) is 63.8. The standard InChI is InChI=1S/C56H88O26/c1-22-32(60)35(63)39(67)46(75-22)80-42-28(20-58)78-45(41(69)38(42)66)74-21-29-34(62)37(65)43(81-47-40(68)36(64)33(61)27(19-57)77-47)48(79-29)82-50(73)56-15-13-51(3,4)17-25(56)24-9-10-30-52(5)18-26(76-23(2)59)44(70)55(8,49(71)72)31(52)11-12-54(30,7)53(24,6)14-16-56/h9,22,25-48,57-58,60-70H,10-21H2,1-8H3,(H,71,72)/t22-,25+,26+,27-,28-,29-,30?,31?,32-,33-,34-,35+,36+,37+,38-,39-,40-,41-,42-,43-,44+,45-,46+,47+,48+,52-,53-,54-,55+,56+/m0/s1. The van der Waals surface area contributed by atoms with Crippen molar-refractivity contribution in [1.29, 1.82) is 0 Å². The van der Waals surface area contributed by atoms with E-state index in [9.17, 15) is 81.1 Å². The molecule has 0 amide bonds. The van der Waals surface area contributed by atoms with Crippen molar-refractivity contribution in [2.45, 2.75) is 248 Å². The second-order valence-electron chi connectivity index (χ2n) is 26.8. The van der Waals surface area contributed by atoms with Crippen LogP contribution in [-0.2, 0) is 57.0 Å². The van der Waals surface area contributed by atoms with Gasteiger partial charge in [-0.2, -0.15) is 0 Å². The Labute approximate surface area is 475 Å². The van der Waals surface area contributed by atoms with E-state index in [0.717, 1.165) is 5.57 Å². The van der Waals surface area contributed by atoms with Gasteiger partial charge in [0.15, 0.2) is 25.0 Å². The first-order valence-electron chi connectivity index (χ1n) is 28.8. The van der Waals surface area contributed by atoms with Crippen LogP contribution in [0.1, 0.15) is 113 Å². The first-order valence-corrected chi connectivity index (χ1v) is 28.8. The Morgan fingerprint density at radius 3 is 1.79 bits per heavy atom. The molecule has 26 nitrogen and oxygen atoms in total.